The van der Waals surface area contributed by atoms with Crippen molar-refractivity contribution in [1.29, 1.82) is 0 Å². The third-order valence-corrected chi connectivity index (χ3v) is 2.21. The van der Waals surface area contributed by atoms with E-state index in [9.17, 15) is 4.79 Å². The van der Waals surface area contributed by atoms with Gasteiger partial charge < -0.3 is 10.5 Å². The fourth-order valence-corrected chi connectivity index (χ4v) is 1.88. The van der Waals surface area contributed by atoms with Crippen LogP contribution in [0.2, 0.25) is 0 Å². The lowest BCUT2D eigenvalue weighted by Crippen LogP contribution is -2.24. The molecule has 1 aromatic rings. The van der Waals surface area contributed by atoms with Crippen molar-refractivity contribution in [3.8, 4) is 0 Å². The average Bonchev–Trinajstić information content (AvgIpc) is 1.96. The van der Waals surface area contributed by atoms with Gasteiger partial charge in [-0.25, -0.2) is 0 Å². The van der Waals surface area contributed by atoms with E-state index >= 15 is 0 Å². The van der Waals surface area contributed by atoms with E-state index in [4.69, 9.17) is 10.5 Å². The topological polar surface area (TPSA) is 52.3 Å². The van der Waals surface area contributed by atoms with Crippen molar-refractivity contribution in [2.24, 2.45) is 0 Å². The van der Waals surface area contributed by atoms with E-state index in [0.29, 0.717) is 5.69 Å². The van der Waals surface area contributed by atoms with Gasteiger partial charge in [-0.3, -0.25) is 4.79 Å². The Labute approximate surface area is 104 Å². The summed E-state index contributed by atoms with van der Waals surface area (Å²) < 4.78 is 6.09. The Kier molecular flexibility index (Phi) is 3.97. The predicted octanol–water partition coefficient (Wildman–Crippen LogP) is 2.92. The van der Waals surface area contributed by atoms with Gasteiger partial charge in [0, 0.05) is 10.2 Å². The lowest BCUT2D eigenvalue weighted by molar-refractivity contribution is -0.153. The van der Waals surface area contributed by atoms with Crippen LogP contribution in [0.25, 0.3) is 0 Å². The fourth-order valence-electron chi connectivity index (χ4n) is 1.32. The van der Waals surface area contributed by atoms with E-state index in [1.807, 2.05) is 26.8 Å². The van der Waals surface area contributed by atoms with Crippen LogP contribution in [0.15, 0.2) is 22.7 Å². The quantitative estimate of drug-likeness (QED) is 0.671. The molecule has 1 rings (SSSR count). The lowest BCUT2D eigenvalue weighted by atomic mass is 10.1. The highest BCUT2D eigenvalue weighted by Crippen LogP contribution is 2.18. The molecule has 2 N–H and O–H groups in total. The molecule has 0 atom stereocenters. The smallest absolute Gasteiger partial charge is 0.310 e. The molecule has 0 aliphatic carbocycles. The number of nitrogen functional groups attached to an aromatic ring is 1. The molecule has 0 aliphatic rings. The third-order valence-electron chi connectivity index (χ3n) is 1.75. The minimum Gasteiger partial charge on any atom is -0.460 e. The van der Waals surface area contributed by atoms with Gasteiger partial charge in [0.15, 0.2) is 0 Å². The summed E-state index contributed by atoms with van der Waals surface area (Å²) in [5.74, 6) is -0.245. The van der Waals surface area contributed by atoms with Crippen molar-refractivity contribution < 1.29 is 9.53 Å². The normalized spacial score (nSPS) is 11.2. The SMILES string of the molecule is CC(C)(C)OC(=O)Cc1cc(N)cc(Br)c1. The summed E-state index contributed by atoms with van der Waals surface area (Å²) in [5.41, 5.74) is 6.71. The van der Waals surface area contributed by atoms with Crippen LogP contribution in [0.3, 0.4) is 0 Å². The van der Waals surface area contributed by atoms with E-state index in [0.717, 1.165) is 10.0 Å². The Morgan fingerprint density at radius 1 is 1.38 bits per heavy atom. The van der Waals surface area contributed by atoms with E-state index in [1.54, 1.807) is 12.1 Å². The van der Waals surface area contributed by atoms with Gasteiger partial charge in [-0.1, -0.05) is 15.9 Å². The molecule has 16 heavy (non-hydrogen) atoms. The number of rotatable bonds is 2. The molecule has 0 aliphatic heterocycles. The second kappa shape index (κ2) is 4.87. The second-order valence-corrected chi connectivity index (χ2v) is 5.57. The maximum absolute atomic E-state index is 11.6. The first-order chi connectivity index (χ1) is 7.26. The first-order valence-electron chi connectivity index (χ1n) is 5.03. The molecule has 0 heterocycles. The Hall–Kier alpha value is -1.03. The first kappa shape index (κ1) is 13.0. The van der Waals surface area contributed by atoms with Gasteiger partial charge in [-0.2, -0.15) is 0 Å². The van der Waals surface area contributed by atoms with Crippen molar-refractivity contribution in [1.82, 2.24) is 0 Å². The number of carbonyl (C=O) groups is 1. The monoisotopic (exact) mass is 285 g/mol. The molecule has 0 fully saturated rings. The molecular formula is C12H16BrNO2. The largest absolute Gasteiger partial charge is 0.460 e. The maximum atomic E-state index is 11.6. The molecule has 0 bridgehead atoms. The molecule has 0 saturated heterocycles. The minimum absolute atomic E-state index is 0.237. The highest BCUT2D eigenvalue weighted by atomic mass is 79.9. The van der Waals surface area contributed by atoms with E-state index < -0.39 is 5.60 Å². The predicted molar refractivity (Wildman–Crippen MR) is 68.1 cm³/mol. The zero-order chi connectivity index (χ0) is 12.3. The first-order valence-corrected chi connectivity index (χ1v) is 5.82. The summed E-state index contributed by atoms with van der Waals surface area (Å²) in [5, 5.41) is 0. The molecule has 0 unspecified atom stereocenters. The Morgan fingerprint density at radius 3 is 2.50 bits per heavy atom. The van der Waals surface area contributed by atoms with Crippen LogP contribution in [-0.2, 0) is 16.0 Å². The van der Waals surface area contributed by atoms with Crippen molar-refractivity contribution in [3.05, 3.63) is 28.2 Å². The maximum Gasteiger partial charge on any atom is 0.310 e. The summed E-state index contributed by atoms with van der Waals surface area (Å²) in [6.07, 6.45) is 0.237. The Balaban J connectivity index is 2.70. The van der Waals surface area contributed by atoms with Crippen molar-refractivity contribution in [2.45, 2.75) is 32.8 Å². The van der Waals surface area contributed by atoms with Gasteiger partial charge >= 0.3 is 5.97 Å². The summed E-state index contributed by atoms with van der Waals surface area (Å²) in [6.45, 7) is 5.54. The summed E-state index contributed by atoms with van der Waals surface area (Å²) in [6, 6.07) is 5.42. The molecule has 0 radical (unpaired) electrons. The van der Waals surface area contributed by atoms with Crippen molar-refractivity contribution in [3.63, 3.8) is 0 Å². The summed E-state index contributed by atoms with van der Waals surface area (Å²) >= 11 is 3.33. The van der Waals surface area contributed by atoms with Crippen LogP contribution in [0.4, 0.5) is 5.69 Å². The average molecular weight is 286 g/mol. The van der Waals surface area contributed by atoms with E-state index in [2.05, 4.69) is 15.9 Å². The molecule has 0 amide bonds. The van der Waals surface area contributed by atoms with Gasteiger partial charge in [0.1, 0.15) is 5.60 Å². The standard InChI is InChI=1S/C12H16BrNO2/c1-12(2,3)16-11(15)6-8-4-9(13)7-10(14)5-8/h4-5,7H,6,14H2,1-3H3. The number of benzene rings is 1. The van der Waals surface area contributed by atoms with E-state index in [-0.39, 0.29) is 12.4 Å². The number of anilines is 1. The summed E-state index contributed by atoms with van der Waals surface area (Å²) in [4.78, 5) is 11.6. The number of hydrogen-bond donors (Lipinski definition) is 1. The molecule has 3 nitrogen and oxygen atoms in total. The molecule has 0 spiro atoms. The molecule has 88 valence electrons. The van der Waals surface area contributed by atoms with Gasteiger partial charge in [0.05, 0.1) is 6.42 Å². The number of hydrogen-bond acceptors (Lipinski definition) is 3. The zero-order valence-electron chi connectivity index (χ0n) is 9.71. The molecular weight excluding hydrogens is 270 g/mol. The molecule has 0 saturated carbocycles. The Bertz CT molecular complexity index is 376. The zero-order valence-corrected chi connectivity index (χ0v) is 11.3. The second-order valence-electron chi connectivity index (χ2n) is 4.66. The number of ether oxygens (including phenoxy) is 1. The molecule has 0 aromatic heterocycles. The van der Waals surface area contributed by atoms with Crippen LogP contribution in [0, 0.1) is 0 Å². The minimum atomic E-state index is -0.450. The van der Waals surface area contributed by atoms with Gasteiger partial charge in [0.2, 0.25) is 0 Å². The number of halogens is 1. The Morgan fingerprint density at radius 2 is 2.00 bits per heavy atom. The van der Waals surface area contributed by atoms with Crippen LogP contribution in [-0.4, -0.2) is 11.6 Å². The van der Waals surface area contributed by atoms with Crippen LogP contribution >= 0.6 is 15.9 Å². The van der Waals surface area contributed by atoms with Crippen LogP contribution in [0.1, 0.15) is 26.3 Å². The third kappa shape index (κ3) is 4.66. The molecule has 1 aromatic carbocycles. The van der Waals surface area contributed by atoms with Gasteiger partial charge in [0.25, 0.3) is 0 Å². The lowest BCUT2D eigenvalue weighted by Gasteiger charge is -2.19. The fraction of sp³-hybridized carbons (Fsp3) is 0.417. The molecule has 4 heteroatoms. The number of nitrogens with two attached hydrogens (primary N) is 1. The van der Waals surface area contributed by atoms with Crippen LogP contribution < -0.4 is 5.73 Å². The van der Waals surface area contributed by atoms with Crippen LogP contribution in [0.5, 0.6) is 0 Å². The van der Waals surface area contributed by atoms with Crippen molar-refractivity contribution >= 4 is 27.6 Å². The number of carbonyl (C=O) groups excluding carboxylic acids is 1. The van der Waals surface area contributed by atoms with Gasteiger partial charge in [-0.15, -0.1) is 0 Å². The number of esters is 1. The van der Waals surface area contributed by atoms with Crippen molar-refractivity contribution in [2.75, 3.05) is 5.73 Å². The summed E-state index contributed by atoms with van der Waals surface area (Å²) in [7, 11) is 0. The van der Waals surface area contributed by atoms with Gasteiger partial charge in [-0.05, 0) is 44.5 Å². The highest BCUT2D eigenvalue weighted by molar-refractivity contribution is 9.10. The van der Waals surface area contributed by atoms with E-state index in [1.165, 1.54) is 0 Å². The highest BCUT2D eigenvalue weighted by Gasteiger charge is 2.16.